The van der Waals surface area contributed by atoms with Gasteiger partial charge in [0.15, 0.2) is 0 Å². The lowest BCUT2D eigenvalue weighted by atomic mass is 9.89. The number of aromatic nitrogens is 1. The Hall–Kier alpha value is -2.20. The molecule has 1 aromatic heterocycles. The number of fused-ring (bicyclic) bond motifs is 1. The third kappa shape index (κ3) is 2.56. The zero-order chi connectivity index (χ0) is 13.9. The molecule has 0 fully saturated rings. The average Bonchev–Trinajstić information content (AvgIpc) is 2.47. The van der Waals surface area contributed by atoms with Crippen molar-refractivity contribution in [2.24, 2.45) is 0 Å². The van der Waals surface area contributed by atoms with Crippen LogP contribution in [0.15, 0.2) is 48.8 Å². The number of nitrogens with zero attached hydrogens (tertiary/aromatic N) is 2. The first-order chi connectivity index (χ1) is 9.74. The van der Waals surface area contributed by atoms with Gasteiger partial charge < -0.3 is 5.11 Å². The number of carboxylic acids is 1. The molecule has 0 bridgehead atoms. The fourth-order valence-electron chi connectivity index (χ4n) is 2.76. The zero-order valence-corrected chi connectivity index (χ0v) is 11.1. The molecule has 0 saturated heterocycles. The number of aliphatic carboxylic acids is 1. The Morgan fingerprint density at radius 2 is 2.15 bits per heavy atom. The summed E-state index contributed by atoms with van der Waals surface area (Å²) in [5, 5.41) is 9.43. The second-order valence-electron chi connectivity index (χ2n) is 5.12. The van der Waals surface area contributed by atoms with Crippen molar-refractivity contribution in [1.29, 1.82) is 0 Å². The van der Waals surface area contributed by atoms with Gasteiger partial charge in [-0.25, -0.2) is 0 Å². The van der Waals surface area contributed by atoms with Crippen molar-refractivity contribution in [3.63, 3.8) is 0 Å². The van der Waals surface area contributed by atoms with E-state index in [2.05, 4.69) is 9.88 Å². The summed E-state index contributed by atoms with van der Waals surface area (Å²) in [6.07, 6.45) is 3.57. The number of rotatable bonds is 3. The number of hydrogen-bond donors (Lipinski definition) is 1. The molecule has 3 rings (SSSR count). The van der Waals surface area contributed by atoms with Crippen molar-refractivity contribution >= 4 is 5.97 Å². The summed E-state index contributed by atoms with van der Waals surface area (Å²) in [6.45, 7) is 2.06. The van der Waals surface area contributed by atoms with E-state index in [1.54, 1.807) is 6.20 Å². The maximum absolute atomic E-state index is 11.5. The van der Waals surface area contributed by atoms with Crippen LogP contribution in [0.5, 0.6) is 0 Å². The van der Waals surface area contributed by atoms with Crippen molar-refractivity contribution in [3.05, 3.63) is 65.5 Å². The largest absolute Gasteiger partial charge is 0.481 e. The molecule has 0 aliphatic carbocycles. The van der Waals surface area contributed by atoms with Gasteiger partial charge in [0.2, 0.25) is 0 Å². The van der Waals surface area contributed by atoms with Crippen LogP contribution in [0.1, 0.15) is 22.6 Å². The Balaban J connectivity index is 1.85. The van der Waals surface area contributed by atoms with Gasteiger partial charge in [-0.1, -0.05) is 30.3 Å². The number of carboxylic acid groups (broad SMARTS) is 1. The van der Waals surface area contributed by atoms with Crippen LogP contribution >= 0.6 is 0 Å². The lowest BCUT2D eigenvalue weighted by Crippen LogP contribution is -2.36. The van der Waals surface area contributed by atoms with Gasteiger partial charge in [-0.15, -0.1) is 0 Å². The SMILES string of the molecule is O=C(O)C1CN(Cc2cccnc2)Cc2ccccc21. The number of hydrogen-bond acceptors (Lipinski definition) is 3. The molecule has 1 unspecified atom stereocenters. The van der Waals surface area contributed by atoms with Crippen LogP contribution in [0.2, 0.25) is 0 Å². The molecule has 0 saturated carbocycles. The van der Waals surface area contributed by atoms with E-state index in [9.17, 15) is 9.90 Å². The highest BCUT2D eigenvalue weighted by atomic mass is 16.4. The van der Waals surface area contributed by atoms with Crippen molar-refractivity contribution in [2.75, 3.05) is 6.54 Å². The van der Waals surface area contributed by atoms with Crippen LogP contribution in [0, 0.1) is 0 Å². The highest BCUT2D eigenvalue weighted by Gasteiger charge is 2.29. The third-order valence-electron chi connectivity index (χ3n) is 3.69. The summed E-state index contributed by atoms with van der Waals surface area (Å²) in [5.74, 6) is -1.20. The van der Waals surface area contributed by atoms with E-state index in [0.717, 1.165) is 29.8 Å². The van der Waals surface area contributed by atoms with Gasteiger partial charge in [0.1, 0.15) is 0 Å². The summed E-state index contributed by atoms with van der Waals surface area (Å²) in [6, 6.07) is 11.7. The van der Waals surface area contributed by atoms with Crippen molar-refractivity contribution < 1.29 is 9.90 Å². The molecule has 0 amide bonds. The Kier molecular flexibility index (Phi) is 3.48. The maximum atomic E-state index is 11.5. The van der Waals surface area contributed by atoms with Crippen LogP contribution in [0.25, 0.3) is 0 Å². The average molecular weight is 268 g/mol. The van der Waals surface area contributed by atoms with Crippen molar-refractivity contribution in [2.45, 2.75) is 19.0 Å². The molecular formula is C16H16N2O2. The maximum Gasteiger partial charge on any atom is 0.312 e. The molecule has 0 spiro atoms. The molecule has 102 valence electrons. The topological polar surface area (TPSA) is 53.4 Å². The number of benzene rings is 1. The highest BCUT2D eigenvalue weighted by molar-refractivity contribution is 5.77. The summed E-state index contributed by atoms with van der Waals surface area (Å²) >= 11 is 0. The van der Waals surface area contributed by atoms with Crippen LogP contribution in [-0.2, 0) is 17.9 Å². The first kappa shape index (κ1) is 12.8. The third-order valence-corrected chi connectivity index (χ3v) is 3.69. The van der Waals surface area contributed by atoms with Crippen LogP contribution in [0.3, 0.4) is 0 Å². The first-order valence-electron chi connectivity index (χ1n) is 6.66. The van der Waals surface area contributed by atoms with E-state index in [0.29, 0.717) is 6.54 Å². The minimum atomic E-state index is -0.756. The Labute approximate surface area is 117 Å². The molecule has 1 aromatic carbocycles. The lowest BCUT2D eigenvalue weighted by molar-refractivity contribution is -0.139. The predicted molar refractivity (Wildman–Crippen MR) is 75.2 cm³/mol. The normalized spacial score (nSPS) is 18.5. The lowest BCUT2D eigenvalue weighted by Gasteiger charge is -2.32. The predicted octanol–water partition coefficient (Wildman–Crippen LogP) is 2.27. The molecule has 2 aromatic rings. The van der Waals surface area contributed by atoms with Gasteiger partial charge in [0.25, 0.3) is 0 Å². The van der Waals surface area contributed by atoms with Gasteiger partial charge in [-0.2, -0.15) is 0 Å². The smallest absolute Gasteiger partial charge is 0.312 e. The van der Waals surface area contributed by atoms with E-state index >= 15 is 0 Å². The molecule has 1 N–H and O–H groups in total. The Morgan fingerprint density at radius 3 is 2.90 bits per heavy atom. The van der Waals surface area contributed by atoms with E-state index < -0.39 is 11.9 Å². The minimum Gasteiger partial charge on any atom is -0.481 e. The van der Waals surface area contributed by atoms with E-state index in [-0.39, 0.29) is 0 Å². The van der Waals surface area contributed by atoms with Crippen LogP contribution in [0.4, 0.5) is 0 Å². The van der Waals surface area contributed by atoms with Gasteiger partial charge in [0.05, 0.1) is 5.92 Å². The Bertz CT molecular complexity index is 613. The molecule has 1 atom stereocenters. The van der Waals surface area contributed by atoms with Crippen molar-refractivity contribution in [3.8, 4) is 0 Å². The van der Waals surface area contributed by atoms with Crippen LogP contribution in [-0.4, -0.2) is 27.5 Å². The minimum absolute atomic E-state index is 0.448. The van der Waals surface area contributed by atoms with E-state index in [1.165, 1.54) is 0 Å². The summed E-state index contributed by atoms with van der Waals surface area (Å²) < 4.78 is 0. The summed E-state index contributed by atoms with van der Waals surface area (Å²) in [4.78, 5) is 17.7. The molecule has 4 heteroatoms. The Morgan fingerprint density at radius 1 is 1.30 bits per heavy atom. The number of pyridine rings is 1. The van der Waals surface area contributed by atoms with Gasteiger partial charge >= 0.3 is 5.97 Å². The fourth-order valence-corrected chi connectivity index (χ4v) is 2.76. The molecule has 2 heterocycles. The molecule has 0 radical (unpaired) electrons. The van der Waals surface area contributed by atoms with Gasteiger partial charge in [-0.05, 0) is 22.8 Å². The quantitative estimate of drug-likeness (QED) is 0.927. The number of carbonyl (C=O) groups is 1. The highest BCUT2D eigenvalue weighted by Crippen LogP contribution is 2.29. The molecular weight excluding hydrogens is 252 g/mol. The standard InChI is InChI=1S/C16H16N2O2/c19-16(20)15-11-18(9-12-4-3-7-17-8-12)10-13-5-1-2-6-14(13)15/h1-8,15H,9-11H2,(H,19,20). The van der Waals surface area contributed by atoms with Gasteiger partial charge in [-0.3, -0.25) is 14.7 Å². The second-order valence-corrected chi connectivity index (χ2v) is 5.12. The molecule has 1 aliphatic heterocycles. The monoisotopic (exact) mass is 268 g/mol. The fraction of sp³-hybridized carbons (Fsp3) is 0.250. The molecule has 4 nitrogen and oxygen atoms in total. The molecule has 20 heavy (non-hydrogen) atoms. The summed E-state index contributed by atoms with van der Waals surface area (Å²) in [5.41, 5.74) is 3.16. The van der Waals surface area contributed by atoms with E-state index in [1.807, 2.05) is 42.6 Å². The zero-order valence-electron chi connectivity index (χ0n) is 11.1. The van der Waals surface area contributed by atoms with Crippen molar-refractivity contribution in [1.82, 2.24) is 9.88 Å². The summed E-state index contributed by atoms with van der Waals surface area (Å²) in [7, 11) is 0. The van der Waals surface area contributed by atoms with Gasteiger partial charge in [0, 0.05) is 32.0 Å². The molecule has 1 aliphatic rings. The van der Waals surface area contributed by atoms with Crippen LogP contribution < -0.4 is 0 Å². The second kappa shape index (κ2) is 5.43. The van der Waals surface area contributed by atoms with E-state index in [4.69, 9.17) is 0 Å². The first-order valence-corrected chi connectivity index (χ1v) is 6.66.